The van der Waals surface area contributed by atoms with Crippen molar-refractivity contribution in [1.29, 1.82) is 0 Å². The molecule has 2 aliphatic carbocycles. The van der Waals surface area contributed by atoms with E-state index in [-0.39, 0.29) is 41.9 Å². The fourth-order valence-corrected chi connectivity index (χ4v) is 9.76. The molecule has 2 saturated heterocycles. The highest BCUT2D eigenvalue weighted by molar-refractivity contribution is 7.89. The quantitative estimate of drug-likeness (QED) is 0.336. The molecular weight excluding hydrogens is 641 g/mol. The number of piperazine rings is 1. The van der Waals surface area contributed by atoms with Gasteiger partial charge in [-0.05, 0) is 92.3 Å². The lowest BCUT2D eigenvalue weighted by Gasteiger charge is -2.46. The maximum absolute atomic E-state index is 14.3. The highest BCUT2D eigenvalue weighted by Crippen LogP contribution is 2.42. The number of nitrogens with zero attached hydrogens (tertiary/aromatic N) is 3. The fourth-order valence-electron chi connectivity index (χ4n) is 8.19. The van der Waals surface area contributed by atoms with Crippen LogP contribution in [0.25, 0.3) is 0 Å². The molecule has 2 aromatic rings. The SMILES string of the molecule is NC1CCN(C(=O)[C@H]2CN([C@@H](c3ccc(C(F)(F)F)cc3)C3CCCC3)CCN2S(=O)(=O)c2ccc(OCC3CCCCC3)cc2)CC1. The van der Waals surface area contributed by atoms with Gasteiger partial charge in [-0.3, -0.25) is 9.69 Å². The number of alkyl halides is 3. The number of ether oxygens (including phenoxy) is 1. The molecule has 2 aromatic carbocycles. The van der Waals surface area contributed by atoms with Crippen molar-refractivity contribution in [3.05, 3.63) is 59.7 Å². The summed E-state index contributed by atoms with van der Waals surface area (Å²) in [5.41, 5.74) is 6.19. The van der Waals surface area contributed by atoms with Gasteiger partial charge in [-0.25, -0.2) is 8.42 Å². The highest BCUT2D eigenvalue weighted by Gasteiger charge is 2.45. The van der Waals surface area contributed by atoms with Crippen LogP contribution in [0.1, 0.15) is 87.8 Å². The molecule has 2 heterocycles. The molecule has 2 aliphatic heterocycles. The number of amides is 1. The first-order valence-corrected chi connectivity index (χ1v) is 19.1. The van der Waals surface area contributed by atoms with Crippen LogP contribution in [0.15, 0.2) is 53.4 Å². The van der Waals surface area contributed by atoms with Gasteiger partial charge in [-0.2, -0.15) is 17.5 Å². The number of hydrogen-bond acceptors (Lipinski definition) is 6. The zero-order valence-corrected chi connectivity index (χ0v) is 28.4. The van der Waals surface area contributed by atoms with Crippen molar-refractivity contribution in [2.24, 2.45) is 17.6 Å². The number of hydrogen-bond donors (Lipinski definition) is 1. The zero-order valence-electron chi connectivity index (χ0n) is 27.6. The molecule has 0 unspecified atom stereocenters. The Kier molecular flexibility index (Phi) is 11.0. The Bertz CT molecular complexity index is 1470. The van der Waals surface area contributed by atoms with Crippen LogP contribution >= 0.6 is 0 Å². The summed E-state index contributed by atoms with van der Waals surface area (Å²) < 4.78 is 76.1. The number of halogens is 3. The number of benzene rings is 2. The maximum Gasteiger partial charge on any atom is 0.416 e. The third-order valence-corrected chi connectivity index (χ3v) is 12.9. The van der Waals surface area contributed by atoms with Crippen LogP contribution in [0, 0.1) is 11.8 Å². The van der Waals surface area contributed by atoms with Crippen molar-refractivity contribution < 1.29 is 31.1 Å². The van der Waals surface area contributed by atoms with Crippen molar-refractivity contribution in [2.75, 3.05) is 39.3 Å². The number of carbonyl (C=O) groups is 1. The van der Waals surface area contributed by atoms with E-state index in [0.29, 0.717) is 50.8 Å². The Morgan fingerprint density at radius 1 is 0.833 bits per heavy atom. The van der Waals surface area contributed by atoms with Gasteiger partial charge in [0.25, 0.3) is 0 Å². The Balaban J connectivity index is 1.25. The van der Waals surface area contributed by atoms with Gasteiger partial charge in [-0.1, -0.05) is 44.2 Å². The third kappa shape index (κ3) is 8.03. The molecule has 4 fully saturated rings. The van der Waals surface area contributed by atoms with Gasteiger partial charge in [0, 0.05) is 44.8 Å². The highest BCUT2D eigenvalue weighted by atomic mass is 32.2. The van der Waals surface area contributed by atoms with E-state index >= 15 is 0 Å². The van der Waals surface area contributed by atoms with Gasteiger partial charge in [-0.15, -0.1) is 0 Å². The van der Waals surface area contributed by atoms with Crippen LogP contribution in [0.4, 0.5) is 13.2 Å². The summed E-state index contributed by atoms with van der Waals surface area (Å²) in [5.74, 6) is 1.10. The van der Waals surface area contributed by atoms with Gasteiger partial charge in [0.1, 0.15) is 11.8 Å². The summed E-state index contributed by atoms with van der Waals surface area (Å²) >= 11 is 0. The second kappa shape index (κ2) is 15.1. The minimum absolute atomic E-state index is 0.00186. The summed E-state index contributed by atoms with van der Waals surface area (Å²) in [6, 6.07) is 10.7. The van der Waals surface area contributed by atoms with Crippen molar-refractivity contribution in [3.8, 4) is 5.75 Å². The molecule has 0 radical (unpaired) electrons. The molecule has 1 amide bonds. The first kappa shape index (κ1) is 35.2. The monoisotopic (exact) mass is 690 g/mol. The summed E-state index contributed by atoms with van der Waals surface area (Å²) in [6.45, 7) is 2.15. The topological polar surface area (TPSA) is 96.2 Å². The lowest BCUT2D eigenvalue weighted by atomic mass is 9.88. The molecule has 264 valence electrons. The first-order chi connectivity index (χ1) is 23.0. The van der Waals surface area contributed by atoms with Gasteiger partial charge in [0.15, 0.2) is 0 Å². The number of likely N-dealkylation sites (tertiary alicyclic amines) is 1. The number of piperidine rings is 1. The fraction of sp³-hybridized carbons (Fsp3) is 0.639. The van der Waals surface area contributed by atoms with Gasteiger partial charge in [0.2, 0.25) is 15.9 Å². The zero-order chi connectivity index (χ0) is 33.9. The molecule has 2 atom stereocenters. The molecule has 2 N–H and O–H groups in total. The lowest BCUT2D eigenvalue weighted by molar-refractivity contribution is -0.139. The largest absolute Gasteiger partial charge is 0.493 e. The molecule has 4 aliphatic rings. The van der Waals surface area contributed by atoms with E-state index in [1.165, 1.54) is 23.6 Å². The van der Waals surface area contributed by atoms with E-state index in [0.717, 1.165) is 56.2 Å². The van der Waals surface area contributed by atoms with Gasteiger partial charge < -0.3 is 15.4 Å². The summed E-state index contributed by atoms with van der Waals surface area (Å²) in [5, 5.41) is 0. The molecule has 8 nitrogen and oxygen atoms in total. The smallest absolute Gasteiger partial charge is 0.416 e. The van der Waals surface area contributed by atoms with Crippen molar-refractivity contribution in [3.63, 3.8) is 0 Å². The van der Waals surface area contributed by atoms with Crippen molar-refractivity contribution >= 4 is 15.9 Å². The summed E-state index contributed by atoms with van der Waals surface area (Å²) in [7, 11) is -4.06. The average Bonchev–Trinajstić information content (AvgIpc) is 3.62. The molecule has 48 heavy (non-hydrogen) atoms. The number of sulfonamides is 1. The molecule has 6 rings (SSSR count). The predicted molar refractivity (Wildman–Crippen MR) is 178 cm³/mol. The Morgan fingerprint density at radius 2 is 1.46 bits per heavy atom. The minimum atomic E-state index is -4.43. The molecule has 0 spiro atoms. The standard InChI is InChI=1S/C36H49F3N4O4S/c37-36(38,39)29-12-10-28(11-13-29)34(27-8-4-5-9-27)42-22-23-43(33(24-42)35(44)41-20-18-30(40)19-21-41)48(45,46)32-16-14-31(15-17-32)47-25-26-6-2-1-3-7-26/h10-17,26-27,30,33-34H,1-9,18-25,40H2/t33-,34-/m1/s1. The van der Waals surface area contributed by atoms with E-state index < -0.39 is 27.8 Å². The van der Waals surface area contributed by atoms with Crippen LogP contribution in [-0.4, -0.2) is 79.8 Å². The molecular formula is C36H49F3N4O4S. The van der Waals surface area contributed by atoms with Crippen LogP contribution in [0.2, 0.25) is 0 Å². The molecule has 2 saturated carbocycles. The Morgan fingerprint density at radius 3 is 2.08 bits per heavy atom. The van der Waals surface area contributed by atoms with Crippen LogP contribution in [-0.2, 0) is 21.0 Å². The summed E-state index contributed by atoms with van der Waals surface area (Å²) in [6.07, 6.45) is 6.79. The number of rotatable bonds is 9. The molecule has 12 heteroatoms. The van der Waals surface area contributed by atoms with Crippen LogP contribution < -0.4 is 10.5 Å². The molecule has 0 bridgehead atoms. The van der Waals surface area contributed by atoms with E-state index in [4.69, 9.17) is 10.5 Å². The van der Waals surface area contributed by atoms with Crippen LogP contribution in [0.3, 0.4) is 0 Å². The number of nitrogens with two attached hydrogens (primary N) is 1. The van der Waals surface area contributed by atoms with Gasteiger partial charge >= 0.3 is 6.18 Å². The normalized spacial score (nSPS) is 23.8. The second-order valence-corrected chi connectivity index (χ2v) is 16.1. The summed E-state index contributed by atoms with van der Waals surface area (Å²) in [4.78, 5) is 18.2. The van der Waals surface area contributed by atoms with E-state index in [2.05, 4.69) is 4.90 Å². The Hall–Kier alpha value is -2.67. The van der Waals surface area contributed by atoms with Crippen molar-refractivity contribution in [2.45, 2.75) is 99.8 Å². The van der Waals surface area contributed by atoms with E-state index in [1.807, 2.05) is 0 Å². The average molecular weight is 691 g/mol. The van der Waals surface area contributed by atoms with Crippen LogP contribution in [0.5, 0.6) is 5.75 Å². The third-order valence-electron chi connectivity index (χ3n) is 11.0. The number of carbonyl (C=O) groups excluding carboxylic acids is 1. The molecule has 0 aromatic heterocycles. The maximum atomic E-state index is 14.3. The van der Waals surface area contributed by atoms with E-state index in [1.54, 1.807) is 41.3 Å². The second-order valence-electron chi connectivity index (χ2n) is 14.2. The predicted octanol–water partition coefficient (Wildman–Crippen LogP) is 6.22. The first-order valence-electron chi connectivity index (χ1n) is 17.7. The van der Waals surface area contributed by atoms with E-state index in [9.17, 15) is 26.4 Å². The minimum Gasteiger partial charge on any atom is -0.493 e. The Labute approximate surface area is 282 Å². The lowest BCUT2D eigenvalue weighted by Crippen LogP contribution is -2.62. The van der Waals surface area contributed by atoms with Crippen molar-refractivity contribution in [1.82, 2.24) is 14.1 Å². The van der Waals surface area contributed by atoms with Gasteiger partial charge in [0.05, 0.1) is 17.1 Å².